The van der Waals surface area contributed by atoms with Gasteiger partial charge in [0.1, 0.15) is 5.75 Å². The minimum atomic E-state index is -0.167. The van der Waals surface area contributed by atoms with Crippen LogP contribution in [-0.2, 0) is 0 Å². The predicted octanol–water partition coefficient (Wildman–Crippen LogP) is 7.40. The third-order valence-electron chi connectivity index (χ3n) is 5.76. The first-order chi connectivity index (χ1) is 13.8. The lowest BCUT2D eigenvalue weighted by atomic mass is 9.80. The SMILES string of the molecule is CC1=CC(C)(C)Nc2ccc3c(c21)[C@@H](c1cccc(C)c1)Oc1ccc(Cl)cc1-3. The van der Waals surface area contributed by atoms with Crippen LogP contribution in [-0.4, -0.2) is 5.54 Å². The van der Waals surface area contributed by atoms with E-state index in [1.54, 1.807) is 0 Å². The van der Waals surface area contributed by atoms with Gasteiger partial charge < -0.3 is 10.1 Å². The zero-order valence-electron chi connectivity index (χ0n) is 17.1. The molecule has 3 aromatic rings. The summed E-state index contributed by atoms with van der Waals surface area (Å²) in [7, 11) is 0. The quantitative estimate of drug-likeness (QED) is 0.458. The zero-order chi connectivity index (χ0) is 20.3. The van der Waals surface area contributed by atoms with Crippen LogP contribution in [0.4, 0.5) is 5.69 Å². The molecule has 0 bridgehead atoms. The number of hydrogen-bond donors (Lipinski definition) is 1. The molecule has 146 valence electrons. The largest absolute Gasteiger partial charge is 0.480 e. The molecule has 2 nitrogen and oxygen atoms in total. The number of fused-ring (bicyclic) bond motifs is 5. The second-order valence-corrected chi connectivity index (χ2v) is 9.11. The average Bonchev–Trinajstić information content (AvgIpc) is 2.65. The highest BCUT2D eigenvalue weighted by Crippen LogP contribution is 2.51. The summed E-state index contributed by atoms with van der Waals surface area (Å²) in [6.45, 7) is 8.71. The molecule has 1 N–H and O–H groups in total. The summed E-state index contributed by atoms with van der Waals surface area (Å²) in [5, 5.41) is 4.40. The number of rotatable bonds is 1. The van der Waals surface area contributed by atoms with Crippen molar-refractivity contribution in [2.45, 2.75) is 39.3 Å². The highest BCUT2D eigenvalue weighted by atomic mass is 35.5. The maximum atomic E-state index is 6.61. The second-order valence-electron chi connectivity index (χ2n) is 8.68. The number of halogens is 1. The van der Waals surface area contributed by atoms with E-state index in [9.17, 15) is 0 Å². The summed E-state index contributed by atoms with van der Waals surface area (Å²) in [5.41, 5.74) is 9.42. The molecule has 0 unspecified atom stereocenters. The lowest BCUT2D eigenvalue weighted by Crippen LogP contribution is -2.32. The van der Waals surface area contributed by atoms with E-state index in [-0.39, 0.29) is 11.6 Å². The third-order valence-corrected chi connectivity index (χ3v) is 5.99. The molecular formula is C26H24ClNO. The smallest absolute Gasteiger partial charge is 0.150 e. The molecule has 2 heterocycles. The van der Waals surface area contributed by atoms with Crippen LogP contribution >= 0.6 is 11.6 Å². The topological polar surface area (TPSA) is 21.3 Å². The van der Waals surface area contributed by atoms with Crippen molar-refractivity contribution in [2.24, 2.45) is 0 Å². The Balaban J connectivity index is 1.82. The summed E-state index contributed by atoms with van der Waals surface area (Å²) < 4.78 is 6.61. The normalized spacial score (nSPS) is 18.5. The first-order valence-corrected chi connectivity index (χ1v) is 10.4. The number of ether oxygens (including phenoxy) is 1. The Morgan fingerprint density at radius 1 is 0.966 bits per heavy atom. The van der Waals surface area contributed by atoms with Crippen LogP contribution in [0.3, 0.4) is 0 Å². The van der Waals surface area contributed by atoms with Crippen LogP contribution < -0.4 is 10.1 Å². The fourth-order valence-corrected chi connectivity index (χ4v) is 4.89. The first kappa shape index (κ1) is 18.3. The van der Waals surface area contributed by atoms with Gasteiger partial charge in [-0.3, -0.25) is 0 Å². The Kier molecular flexibility index (Phi) is 4.04. The van der Waals surface area contributed by atoms with Gasteiger partial charge in [0.05, 0.1) is 5.54 Å². The van der Waals surface area contributed by atoms with Crippen molar-refractivity contribution < 1.29 is 4.74 Å². The van der Waals surface area contributed by atoms with Gasteiger partial charge in [-0.15, -0.1) is 0 Å². The van der Waals surface area contributed by atoms with Crippen molar-refractivity contribution in [1.82, 2.24) is 0 Å². The van der Waals surface area contributed by atoms with E-state index in [4.69, 9.17) is 16.3 Å². The van der Waals surface area contributed by atoms with E-state index in [1.807, 2.05) is 18.2 Å². The van der Waals surface area contributed by atoms with Gasteiger partial charge in [-0.25, -0.2) is 0 Å². The standard InChI is InChI=1S/C26H24ClNO/c1-15-6-5-7-17(12-15)25-24-19(20-13-18(27)8-11-22(20)29-25)9-10-21-23(24)16(2)14-26(3,4)28-21/h5-14,25,28H,1-4H3/t25-/m1/s1. The summed E-state index contributed by atoms with van der Waals surface area (Å²) in [4.78, 5) is 0. The van der Waals surface area contributed by atoms with Gasteiger partial charge in [-0.2, -0.15) is 0 Å². The van der Waals surface area contributed by atoms with Gasteiger partial charge in [0, 0.05) is 27.4 Å². The van der Waals surface area contributed by atoms with Gasteiger partial charge in [0.2, 0.25) is 0 Å². The van der Waals surface area contributed by atoms with Crippen LogP contribution in [0.25, 0.3) is 16.7 Å². The van der Waals surface area contributed by atoms with Gasteiger partial charge in [0.15, 0.2) is 6.10 Å². The van der Waals surface area contributed by atoms with Crippen molar-refractivity contribution in [2.75, 3.05) is 5.32 Å². The molecular weight excluding hydrogens is 378 g/mol. The maximum Gasteiger partial charge on any atom is 0.150 e. The summed E-state index contributed by atoms with van der Waals surface area (Å²) >= 11 is 6.35. The number of nitrogens with one attached hydrogen (secondary N) is 1. The molecule has 0 aliphatic carbocycles. The summed E-state index contributed by atoms with van der Waals surface area (Å²) in [5.74, 6) is 0.874. The fraction of sp³-hybridized carbons (Fsp3) is 0.231. The molecule has 0 aromatic heterocycles. The molecule has 3 aromatic carbocycles. The van der Waals surface area contributed by atoms with Gasteiger partial charge in [-0.1, -0.05) is 53.6 Å². The van der Waals surface area contributed by atoms with E-state index >= 15 is 0 Å². The Morgan fingerprint density at radius 2 is 1.79 bits per heavy atom. The summed E-state index contributed by atoms with van der Waals surface area (Å²) in [6.07, 6.45) is 2.14. The van der Waals surface area contributed by atoms with Crippen LogP contribution in [0.2, 0.25) is 5.02 Å². The van der Waals surface area contributed by atoms with Crippen LogP contribution in [0, 0.1) is 6.92 Å². The molecule has 1 atom stereocenters. The molecule has 2 aliphatic rings. The van der Waals surface area contributed by atoms with E-state index in [2.05, 4.69) is 75.5 Å². The first-order valence-electron chi connectivity index (χ1n) is 10.0. The van der Waals surface area contributed by atoms with E-state index in [1.165, 1.54) is 27.8 Å². The number of anilines is 1. The fourth-order valence-electron chi connectivity index (χ4n) is 4.72. The number of aryl methyl sites for hydroxylation is 1. The van der Waals surface area contributed by atoms with Crippen molar-refractivity contribution in [3.63, 3.8) is 0 Å². The van der Waals surface area contributed by atoms with E-state index in [0.29, 0.717) is 0 Å². The van der Waals surface area contributed by atoms with E-state index in [0.717, 1.165) is 27.6 Å². The Bertz CT molecular complexity index is 1180. The molecule has 0 fully saturated rings. The number of allylic oxidation sites excluding steroid dienone is 1. The lowest BCUT2D eigenvalue weighted by molar-refractivity contribution is 0.243. The highest BCUT2D eigenvalue weighted by molar-refractivity contribution is 6.31. The van der Waals surface area contributed by atoms with Crippen molar-refractivity contribution in [3.05, 3.63) is 87.9 Å². The minimum absolute atomic E-state index is 0.0824. The van der Waals surface area contributed by atoms with Gasteiger partial charge in [-0.05, 0) is 68.7 Å². The Hall–Kier alpha value is -2.71. The highest BCUT2D eigenvalue weighted by Gasteiger charge is 2.34. The zero-order valence-corrected chi connectivity index (χ0v) is 17.9. The van der Waals surface area contributed by atoms with Crippen molar-refractivity contribution >= 4 is 22.9 Å². The van der Waals surface area contributed by atoms with Crippen molar-refractivity contribution in [1.29, 1.82) is 0 Å². The Morgan fingerprint density at radius 3 is 2.59 bits per heavy atom. The molecule has 0 saturated heterocycles. The second kappa shape index (κ2) is 6.40. The molecule has 0 spiro atoms. The number of benzene rings is 3. The molecule has 0 saturated carbocycles. The van der Waals surface area contributed by atoms with Gasteiger partial charge in [0.25, 0.3) is 0 Å². The molecule has 29 heavy (non-hydrogen) atoms. The monoisotopic (exact) mass is 401 g/mol. The van der Waals surface area contributed by atoms with Crippen LogP contribution in [0.1, 0.15) is 49.1 Å². The predicted molar refractivity (Wildman–Crippen MR) is 122 cm³/mol. The number of hydrogen-bond acceptors (Lipinski definition) is 2. The Labute approximate surface area is 177 Å². The lowest BCUT2D eigenvalue weighted by Gasteiger charge is -2.37. The van der Waals surface area contributed by atoms with Crippen LogP contribution in [0.15, 0.2) is 60.7 Å². The van der Waals surface area contributed by atoms with Crippen molar-refractivity contribution in [3.8, 4) is 16.9 Å². The van der Waals surface area contributed by atoms with Gasteiger partial charge >= 0.3 is 0 Å². The molecule has 3 heteroatoms. The average molecular weight is 402 g/mol. The van der Waals surface area contributed by atoms with E-state index < -0.39 is 0 Å². The summed E-state index contributed by atoms with van der Waals surface area (Å²) in [6, 6.07) is 18.9. The maximum absolute atomic E-state index is 6.61. The molecule has 5 rings (SSSR count). The third kappa shape index (κ3) is 3.03. The molecule has 0 radical (unpaired) electrons. The van der Waals surface area contributed by atoms with Crippen LogP contribution in [0.5, 0.6) is 5.75 Å². The molecule has 0 amide bonds. The molecule has 2 aliphatic heterocycles. The minimum Gasteiger partial charge on any atom is -0.480 e.